The Morgan fingerprint density at radius 3 is 3.12 bits per heavy atom. The summed E-state index contributed by atoms with van der Waals surface area (Å²) in [6.07, 6.45) is 4.84. The molecule has 1 N–H and O–H groups in total. The highest BCUT2D eigenvalue weighted by Crippen LogP contribution is 2.25. The molecule has 3 heteroatoms. The number of fused-ring (bicyclic) bond motifs is 1. The van der Waals surface area contributed by atoms with Crippen molar-refractivity contribution in [2.24, 2.45) is 0 Å². The third-order valence-electron chi connectivity index (χ3n) is 3.24. The fourth-order valence-electron chi connectivity index (χ4n) is 2.30. The minimum atomic E-state index is 0.0133. The van der Waals surface area contributed by atoms with Gasteiger partial charge in [-0.05, 0) is 49.1 Å². The maximum Gasteiger partial charge on any atom is 0.227 e. The van der Waals surface area contributed by atoms with Crippen LogP contribution in [0.3, 0.4) is 0 Å². The Kier molecular flexibility index (Phi) is 2.59. The second kappa shape index (κ2) is 4.24. The van der Waals surface area contributed by atoms with Crippen LogP contribution in [0.4, 0.5) is 5.69 Å². The molecule has 0 saturated carbocycles. The van der Waals surface area contributed by atoms with E-state index in [0.29, 0.717) is 12.4 Å². The SMILES string of the molecule is O=C(C1=CCCCO1)c1ccc2c(c1)CCN2. The number of carbonyl (C=O) groups excluding carboxylic acids is 1. The van der Waals surface area contributed by atoms with E-state index in [-0.39, 0.29) is 5.78 Å². The predicted molar refractivity (Wildman–Crippen MR) is 66.2 cm³/mol. The first-order valence-electron chi connectivity index (χ1n) is 6.09. The second-order valence-corrected chi connectivity index (χ2v) is 4.44. The Balaban J connectivity index is 1.88. The van der Waals surface area contributed by atoms with Crippen LogP contribution in [0.15, 0.2) is 30.0 Å². The first-order chi connectivity index (χ1) is 8.34. The van der Waals surface area contributed by atoms with Crippen LogP contribution in [0.2, 0.25) is 0 Å². The number of benzene rings is 1. The van der Waals surface area contributed by atoms with E-state index < -0.39 is 0 Å². The van der Waals surface area contributed by atoms with Gasteiger partial charge in [-0.3, -0.25) is 4.79 Å². The summed E-state index contributed by atoms with van der Waals surface area (Å²) in [4.78, 5) is 12.2. The van der Waals surface area contributed by atoms with Gasteiger partial charge < -0.3 is 10.1 Å². The summed E-state index contributed by atoms with van der Waals surface area (Å²) in [7, 11) is 0. The van der Waals surface area contributed by atoms with Crippen molar-refractivity contribution in [1.82, 2.24) is 0 Å². The molecule has 1 aromatic rings. The number of Topliss-reactive ketones (excluding diaryl/α,β-unsaturated/α-hetero) is 1. The first kappa shape index (κ1) is 10.4. The normalized spacial score (nSPS) is 17.8. The van der Waals surface area contributed by atoms with Gasteiger partial charge in [0.2, 0.25) is 5.78 Å². The Labute approximate surface area is 100 Å². The van der Waals surface area contributed by atoms with Gasteiger partial charge in [0, 0.05) is 17.8 Å². The van der Waals surface area contributed by atoms with Gasteiger partial charge in [0.1, 0.15) is 0 Å². The molecular formula is C14H15NO2. The molecule has 0 amide bonds. The fraction of sp³-hybridized carbons (Fsp3) is 0.357. The van der Waals surface area contributed by atoms with Crippen LogP contribution < -0.4 is 5.32 Å². The van der Waals surface area contributed by atoms with Gasteiger partial charge in [0.25, 0.3) is 0 Å². The van der Waals surface area contributed by atoms with Gasteiger partial charge >= 0.3 is 0 Å². The molecule has 0 unspecified atom stereocenters. The Hall–Kier alpha value is -1.77. The van der Waals surface area contributed by atoms with E-state index >= 15 is 0 Å². The molecule has 0 aromatic heterocycles. The number of ether oxygens (including phenoxy) is 1. The molecule has 2 aliphatic rings. The summed E-state index contributed by atoms with van der Waals surface area (Å²) in [5, 5.41) is 3.29. The van der Waals surface area contributed by atoms with Crippen molar-refractivity contribution in [2.75, 3.05) is 18.5 Å². The predicted octanol–water partition coefficient (Wildman–Crippen LogP) is 2.53. The molecule has 0 fully saturated rings. The lowest BCUT2D eigenvalue weighted by Crippen LogP contribution is -2.11. The van der Waals surface area contributed by atoms with Crippen LogP contribution >= 0.6 is 0 Å². The van der Waals surface area contributed by atoms with Crippen molar-refractivity contribution in [3.63, 3.8) is 0 Å². The summed E-state index contributed by atoms with van der Waals surface area (Å²) in [6.45, 7) is 1.62. The lowest BCUT2D eigenvalue weighted by atomic mass is 10.0. The van der Waals surface area contributed by atoms with Gasteiger partial charge in [-0.15, -0.1) is 0 Å². The third kappa shape index (κ3) is 1.93. The van der Waals surface area contributed by atoms with E-state index in [9.17, 15) is 4.79 Å². The van der Waals surface area contributed by atoms with Crippen molar-refractivity contribution in [3.05, 3.63) is 41.2 Å². The highest BCUT2D eigenvalue weighted by Gasteiger charge is 2.18. The minimum absolute atomic E-state index is 0.0133. The Morgan fingerprint density at radius 2 is 2.29 bits per heavy atom. The number of ketones is 1. The van der Waals surface area contributed by atoms with Crippen molar-refractivity contribution in [2.45, 2.75) is 19.3 Å². The van der Waals surface area contributed by atoms with Crippen LogP contribution in [0.5, 0.6) is 0 Å². The summed E-state index contributed by atoms with van der Waals surface area (Å²) < 4.78 is 5.41. The lowest BCUT2D eigenvalue weighted by Gasteiger charge is -2.14. The molecule has 3 nitrogen and oxygen atoms in total. The van der Waals surface area contributed by atoms with Gasteiger partial charge in [-0.1, -0.05) is 0 Å². The second-order valence-electron chi connectivity index (χ2n) is 4.44. The van der Waals surface area contributed by atoms with Crippen LogP contribution in [0.1, 0.15) is 28.8 Å². The molecule has 0 spiro atoms. The smallest absolute Gasteiger partial charge is 0.227 e. The first-order valence-corrected chi connectivity index (χ1v) is 6.09. The van der Waals surface area contributed by atoms with Crippen molar-refractivity contribution in [1.29, 1.82) is 0 Å². The molecule has 0 atom stereocenters. The molecule has 0 saturated heterocycles. The van der Waals surface area contributed by atoms with Crippen LogP contribution in [0, 0.1) is 0 Å². The Bertz CT molecular complexity index is 491. The maximum atomic E-state index is 12.2. The molecule has 0 radical (unpaired) electrons. The quantitative estimate of drug-likeness (QED) is 0.792. The monoisotopic (exact) mass is 229 g/mol. The summed E-state index contributed by atoms with van der Waals surface area (Å²) in [5.41, 5.74) is 3.12. The number of hydrogen-bond donors (Lipinski definition) is 1. The van der Waals surface area contributed by atoms with Crippen molar-refractivity contribution < 1.29 is 9.53 Å². The highest BCUT2D eigenvalue weighted by molar-refractivity contribution is 6.07. The van der Waals surface area contributed by atoms with E-state index in [1.165, 1.54) is 5.56 Å². The van der Waals surface area contributed by atoms with Crippen LogP contribution in [-0.4, -0.2) is 18.9 Å². The van der Waals surface area contributed by atoms with E-state index in [4.69, 9.17) is 4.74 Å². The molecule has 17 heavy (non-hydrogen) atoms. The maximum absolute atomic E-state index is 12.2. The molecule has 3 rings (SSSR count). The molecular weight excluding hydrogens is 214 g/mol. The van der Waals surface area contributed by atoms with Crippen molar-refractivity contribution in [3.8, 4) is 0 Å². The topological polar surface area (TPSA) is 38.3 Å². The van der Waals surface area contributed by atoms with Gasteiger partial charge in [-0.25, -0.2) is 0 Å². The number of allylic oxidation sites excluding steroid dienone is 2. The average molecular weight is 229 g/mol. The number of rotatable bonds is 2. The third-order valence-corrected chi connectivity index (χ3v) is 3.24. The number of hydrogen-bond acceptors (Lipinski definition) is 3. The summed E-state index contributed by atoms with van der Waals surface area (Å²) in [5.74, 6) is 0.529. The van der Waals surface area contributed by atoms with Gasteiger partial charge in [0.15, 0.2) is 5.76 Å². The van der Waals surface area contributed by atoms with Crippen molar-refractivity contribution >= 4 is 11.5 Å². The average Bonchev–Trinajstić information content (AvgIpc) is 2.86. The standard InChI is InChI=1S/C14H15NO2/c16-14(13-3-1-2-8-17-13)11-4-5-12-10(9-11)6-7-15-12/h3-5,9,15H,1-2,6-8H2. The van der Waals surface area contributed by atoms with Crippen LogP contribution in [0.25, 0.3) is 0 Å². The molecule has 0 aliphatic carbocycles. The van der Waals surface area contributed by atoms with E-state index in [2.05, 4.69) is 5.32 Å². The van der Waals surface area contributed by atoms with E-state index in [1.54, 1.807) is 0 Å². The minimum Gasteiger partial charge on any atom is -0.490 e. The number of nitrogens with one attached hydrogen (secondary N) is 1. The lowest BCUT2D eigenvalue weighted by molar-refractivity contribution is 0.0899. The fourth-order valence-corrected chi connectivity index (χ4v) is 2.30. The van der Waals surface area contributed by atoms with Crippen LogP contribution in [-0.2, 0) is 11.2 Å². The van der Waals surface area contributed by atoms with Gasteiger partial charge in [-0.2, -0.15) is 0 Å². The van der Waals surface area contributed by atoms with E-state index in [1.807, 2.05) is 24.3 Å². The summed E-state index contributed by atoms with van der Waals surface area (Å²) >= 11 is 0. The van der Waals surface area contributed by atoms with Gasteiger partial charge in [0.05, 0.1) is 6.61 Å². The highest BCUT2D eigenvalue weighted by atomic mass is 16.5. The largest absolute Gasteiger partial charge is 0.490 e. The zero-order valence-electron chi connectivity index (χ0n) is 9.66. The Morgan fingerprint density at radius 1 is 1.35 bits per heavy atom. The molecule has 2 heterocycles. The zero-order valence-corrected chi connectivity index (χ0v) is 9.66. The molecule has 0 bridgehead atoms. The summed E-state index contributed by atoms with van der Waals surface area (Å²) in [6, 6.07) is 5.84. The number of carbonyl (C=O) groups is 1. The molecule has 88 valence electrons. The number of anilines is 1. The molecule has 1 aromatic carbocycles. The zero-order chi connectivity index (χ0) is 11.7. The van der Waals surface area contributed by atoms with E-state index in [0.717, 1.165) is 37.1 Å². The molecule has 2 aliphatic heterocycles.